The maximum atomic E-state index is 4.27. The first-order valence-electron chi connectivity index (χ1n) is 25.3. The zero-order valence-corrected chi connectivity index (χ0v) is 41.7. The van der Waals surface area contributed by atoms with E-state index < -0.39 is 5.41 Å². The van der Waals surface area contributed by atoms with Crippen LogP contribution in [0.4, 0.5) is 28.4 Å². The summed E-state index contributed by atoms with van der Waals surface area (Å²) in [7, 11) is 0.798. The zero-order valence-electron chi connectivity index (χ0n) is 40.9. The molecule has 0 spiro atoms. The van der Waals surface area contributed by atoms with Crippen LogP contribution in [-0.4, -0.2) is 7.28 Å². The summed E-state index contributed by atoms with van der Waals surface area (Å²) in [5.41, 5.74) is 24.4. The Labute approximate surface area is 416 Å². The lowest BCUT2D eigenvalue weighted by atomic mass is 9.53. The highest BCUT2D eigenvalue weighted by molar-refractivity contribution is 7.26. The summed E-state index contributed by atoms with van der Waals surface area (Å²) in [5, 5.41) is 6.86. The smallest absolute Gasteiger partial charge is 0.198 e. The number of hydrogen-bond donors (Lipinski definition) is 1. The third-order valence-corrected chi connectivity index (χ3v) is 18.3. The van der Waals surface area contributed by atoms with E-state index in [1.165, 1.54) is 133 Å². The van der Waals surface area contributed by atoms with E-state index in [0.29, 0.717) is 0 Å². The number of fused-ring (bicyclic) bond motifs is 11. The van der Waals surface area contributed by atoms with Crippen LogP contribution in [0.5, 0.6) is 0 Å². The predicted molar refractivity (Wildman–Crippen MR) is 300 cm³/mol. The Morgan fingerprint density at radius 3 is 1.91 bits per heavy atom. The highest BCUT2D eigenvalue weighted by Gasteiger charge is 2.50. The number of para-hydroxylation sites is 2. The summed E-state index contributed by atoms with van der Waals surface area (Å²) in [5.74, 6) is 0. The van der Waals surface area contributed by atoms with Crippen LogP contribution >= 0.6 is 11.3 Å². The molecule has 338 valence electrons. The number of rotatable bonds is 5. The van der Waals surface area contributed by atoms with Gasteiger partial charge < -0.3 is 10.2 Å². The van der Waals surface area contributed by atoms with Crippen LogP contribution in [0.2, 0.25) is 0 Å². The maximum absolute atomic E-state index is 4.27. The Bertz CT molecular complexity index is 3780. The van der Waals surface area contributed by atoms with Gasteiger partial charge in [0.25, 0.3) is 0 Å². The van der Waals surface area contributed by atoms with Crippen molar-refractivity contribution in [2.45, 2.75) is 76.0 Å². The van der Waals surface area contributed by atoms with Crippen molar-refractivity contribution in [3.05, 3.63) is 233 Å². The molecular formula is C66H55BN2S. The molecule has 14 rings (SSSR count). The van der Waals surface area contributed by atoms with Crippen LogP contribution in [0.25, 0.3) is 42.4 Å². The third kappa shape index (κ3) is 5.63. The van der Waals surface area contributed by atoms with Gasteiger partial charge in [0.1, 0.15) is 0 Å². The first kappa shape index (κ1) is 41.8. The minimum Gasteiger partial charge on any atom is -0.354 e. The fourth-order valence-corrected chi connectivity index (χ4v) is 14.8. The van der Waals surface area contributed by atoms with Gasteiger partial charge in [-0.3, -0.25) is 0 Å². The maximum Gasteiger partial charge on any atom is 0.198 e. The molecule has 0 fully saturated rings. The van der Waals surface area contributed by atoms with Crippen LogP contribution in [0.3, 0.4) is 0 Å². The van der Waals surface area contributed by atoms with E-state index in [9.17, 15) is 0 Å². The molecule has 1 N–H and O–H groups in total. The Kier molecular flexibility index (Phi) is 8.78. The molecule has 2 aliphatic carbocycles. The van der Waals surface area contributed by atoms with Gasteiger partial charge in [-0.2, -0.15) is 0 Å². The predicted octanol–water partition coefficient (Wildman–Crippen LogP) is 16.0. The van der Waals surface area contributed by atoms with Crippen LogP contribution in [0, 0.1) is 0 Å². The normalized spacial score (nSPS) is 16.9. The summed E-state index contributed by atoms with van der Waals surface area (Å²) in [6.07, 6.45) is 2.36. The van der Waals surface area contributed by atoms with Crippen molar-refractivity contribution >= 4 is 78.2 Å². The molecule has 0 unspecified atom stereocenters. The van der Waals surface area contributed by atoms with E-state index in [-0.39, 0.29) is 16.2 Å². The van der Waals surface area contributed by atoms with Gasteiger partial charge in [-0.1, -0.05) is 199 Å². The minimum atomic E-state index is -0.533. The van der Waals surface area contributed by atoms with Crippen molar-refractivity contribution in [1.82, 2.24) is 0 Å². The molecule has 4 heteroatoms. The number of nitrogens with zero attached hydrogens (tertiary/aromatic N) is 1. The Balaban J connectivity index is 1.09. The number of nitrogens with one attached hydrogen (secondary N) is 1. The van der Waals surface area contributed by atoms with Gasteiger partial charge in [0, 0.05) is 48.2 Å². The molecular weight excluding hydrogens is 864 g/mol. The second-order valence-electron chi connectivity index (χ2n) is 22.3. The molecule has 2 nitrogen and oxygen atoms in total. The number of anilines is 5. The first-order chi connectivity index (χ1) is 34.0. The van der Waals surface area contributed by atoms with Crippen molar-refractivity contribution < 1.29 is 0 Å². The van der Waals surface area contributed by atoms with Gasteiger partial charge in [-0.15, -0.1) is 11.3 Å². The average Bonchev–Trinajstić information content (AvgIpc) is 3.87. The highest BCUT2D eigenvalue weighted by Crippen LogP contribution is 2.61. The van der Waals surface area contributed by atoms with Gasteiger partial charge in [-0.05, 0) is 127 Å². The number of benzene rings is 9. The molecule has 1 aromatic heterocycles. The monoisotopic (exact) mass is 918 g/mol. The molecule has 4 aliphatic rings. The van der Waals surface area contributed by atoms with Crippen molar-refractivity contribution in [1.29, 1.82) is 0 Å². The SMILES string of the molecule is CC1(C)CCC(C)(C)c2cc(Nc3c(-c4c5c(cc6c4-c4ccccc4C6(C)C)N4c6ccccc6C(c6ccccc6)(c6ccccc6)c6cccc(c64)B5)ccc4sc5ccccc5c34)ccc21. The summed E-state index contributed by atoms with van der Waals surface area (Å²) in [4.78, 5) is 2.67. The third-order valence-electron chi connectivity index (χ3n) is 17.2. The zero-order chi connectivity index (χ0) is 47.3. The fraction of sp³-hybridized carbons (Fsp3) is 0.182. The molecule has 0 saturated carbocycles. The van der Waals surface area contributed by atoms with E-state index in [4.69, 9.17) is 0 Å². The molecule has 3 heterocycles. The molecule has 0 radical (unpaired) electrons. The van der Waals surface area contributed by atoms with Crippen molar-refractivity contribution in [3.8, 4) is 22.3 Å². The molecule has 10 aromatic rings. The largest absolute Gasteiger partial charge is 0.354 e. The van der Waals surface area contributed by atoms with Crippen LogP contribution in [0.1, 0.15) is 98.9 Å². The lowest BCUT2D eigenvalue weighted by Crippen LogP contribution is -2.47. The van der Waals surface area contributed by atoms with Crippen molar-refractivity contribution in [2.75, 3.05) is 10.2 Å². The molecule has 0 saturated heterocycles. The van der Waals surface area contributed by atoms with Gasteiger partial charge >= 0.3 is 0 Å². The molecule has 9 aromatic carbocycles. The number of hydrogen-bond acceptors (Lipinski definition) is 3. The summed E-state index contributed by atoms with van der Waals surface area (Å²) in [6.45, 7) is 14.6. The second-order valence-corrected chi connectivity index (χ2v) is 23.4. The Hall–Kier alpha value is -7.14. The van der Waals surface area contributed by atoms with Gasteiger partial charge in [-0.25, -0.2) is 0 Å². The quantitative estimate of drug-likeness (QED) is 0.173. The van der Waals surface area contributed by atoms with Crippen LogP contribution < -0.4 is 21.1 Å². The van der Waals surface area contributed by atoms with Gasteiger partial charge in [0.2, 0.25) is 0 Å². The summed E-state index contributed by atoms with van der Waals surface area (Å²) in [6, 6.07) is 71.9. The Morgan fingerprint density at radius 2 is 1.14 bits per heavy atom. The molecule has 0 bridgehead atoms. The van der Waals surface area contributed by atoms with Gasteiger partial charge in [0.05, 0.1) is 16.8 Å². The lowest BCUT2D eigenvalue weighted by Gasteiger charge is -2.49. The van der Waals surface area contributed by atoms with E-state index in [2.05, 4.69) is 240 Å². The van der Waals surface area contributed by atoms with Crippen molar-refractivity contribution in [3.63, 3.8) is 0 Å². The van der Waals surface area contributed by atoms with Crippen LogP contribution in [0.15, 0.2) is 188 Å². The van der Waals surface area contributed by atoms with Gasteiger partial charge in [0.15, 0.2) is 7.28 Å². The lowest BCUT2D eigenvalue weighted by molar-refractivity contribution is 0.332. The average molecular weight is 919 g/mol. The number of thiophene rings is 1. The fourth-order valence-electron chi connectivity index (χ4n) is 13.7. The van der Waals surface area contributed by atoms with E-state index in [0.717, 1.165) is 13.0 Å². The van der Waals surface area contributed by atoms with Crippen molar-refractivity contribution in [2.24, 2.45) is 0 Å². The van der Waals surface area contributed by atoms with E-state index >= 15 is 0 Å². The second kappa shape index (κ2) is 14.7. The summed E-state index contributed by atoms with van der Waals surface area (Å²) >= 11 is 1.90. The Morgan fingerprint density at radius 1 is 0.486 bits per heavy atom. The first-order valence-corrected chi connectivity index (χ1v) is 26.1. The minimum absolute atomic E-state index is 0.0800. The van der Waals surface area contributed by atoms with E-state index in [1.807, 2.05) is 11.3 Å². The van der Waals surface area contributed by atoms with Crippen LogP contribution in [-0.2, 0) is 21.7 Å². The molecule has 0 atom stereocenters. The topological polar surface area (TPSA) is 15.3 Å². The molecule has 0 amide bonds. The highest BCUT2D eigenvalue weighted by atomic mass is 32.1. The standard InChI is InChI=1S/C66H55BN2S/c1-63(2)36-37-64(3,4)50-38-42(32-34-47(50)63)68-61-45(33-35-56-58(61)44-25-14-18-31-55(44)70-56)59-57-43-24-13-15-26-46(43)65(5,6)51(57)39-54-60(59)67-52-29-19-28-49-62(52)69(54)53-30-17-16-27-48(53)66(49,40-20-9-7-10-21-40)41-22-11-8-12-23-41/h7-35,38-39,67-68H,36-37H2,1-6H3. The molecule has 70 heavy (non-hydrogen) atoms. The molecule has 2 aliphatic heterocycles. The summed E-state index contributed by atoms with van der Waals surface area (Å²) < 4.78 is 2.61. The van der Waals surface area contributed by atoms with E-state index in [1.54, 1.807) is 0 Å².